The third-order valence-corrected chi connectivity index (χ3v) is 3.75. The van der Waals surface area contributed by atoms with E-state index in [2.05, 4.69) is 4.52 Å². The van der Waals surface area contributed by atoms with Crippen LogP contribution in [0.3, 0.4) is 0 Å². The highest BCUT2D eigenvalue weighted by atomic mass is 31.3. The van der Waals surface area contributed by atoms with Crippen LogP contribution in [-0.2, 0) is 13.7 Å². The average molecular weight is 261 g/mol. The number of rotatable bonds is 4. The van der Waals surface area contributed by atoms with E-state index in [1.165, 1.54) is 12.2 Å². The van der Waals surface area contributed by atoms with Gasteiger partial charge in [0.15, 0.2) is 0 Å². The Morgan fingerprint density at radius 2 is 1.93 bits per heavy atom. The molecule has 4 nitrogen and oxygen atoms in total. The van der Waals surface area contributed by atoms with Crippen LogP contribution in [0, 0.1) is 0 Å². The molecule has 0 saturated heterocycles. The SMILES string of the molecule is O=P(F)(F)NP(=O)(F)OC1=CCCC=C1. The topological polar surface area (TPSA) is 55.4 Å². The number of allylic oxidation sites excluding steroid dienone is 3. The third kappa shape index (κ3) is 5.21. The number of hydrogen-bond acceptors (Lipinski definition) is 3. The van der Waals surface area contributed by atoms with E-state index in [4.69, 9.17) is 0 Å². The van der Waals surface area contributed by atoms with Gasteiger partial charge in [-0.15, -0.1) is 17.4 Å². The van der Waals surface area contributed by atoms with Gasteiger partial charge in [-0.1, -0.05) is 6.08 Å². The van der Waals surface area contributed by atoms with Crippen molar-refractivity contribution >= 4 is 15.7 Å². The Morgan fingerprint density at radius 1 is 1.27 bits per heavy atom. The summed E-state index contributed by atoms with van der Waals surface area (Å²) in [6.45, 7) is 0. The Bertz CT molecular complexity index is 389. The number of halogens is 3. The van der Waals surface area contributed by atoms with Crippen LogP contribution in [0.1, 0.15) is 12.8 Å². The summed E-state index contributed by atoms with van der Waals surface area (Å²) in [5.74, 6) is -0.118. The number of nitrogens with one attached hydrogen (secondary N) is 1. The molecule has 0 aromatic heterocycles. The maximum absolute atomic E-state index is 12.9. The van der Waals surface area contributed by atoms with E-state index in [1.807, 2.05) is 0 Å². The predicted octanol–water partition coefficient (Wildman–Crippen LogP) is 3.95. The molecule has 0 amide bonds. The minimum Gasteiger partial charge on any atom is -0.410 e. The van der Waals surface area contributed by atoms with Crippen LogP contribution < -0.4 is 4.86 Å². The summed E-state index contributed by atoms with van der Waals surface area (Å²) < 4.78 is 61.5. The lowest BCUT2D eigenvalue weighted by Crippen LogP contribution is -2.02. The van der Waals surface area contributed by atoms with E-state index in [0.717, 1.165) is 0 Å². The van der Waals surface area contributed by atoms with Gasteiger partial charge in [0.1, 0.15) is 5.76 Å². The van der Waals surface area contributed by atoms with Crippen LogP contribution in [0.25, 0.3) is 0 Å². The summed E-state index contributed by atoms with van der Waals surface area (Å²) in [4.78, 5) is 0.557. The molecule has 0 aromatic carbocycles. The number of hydrogen-bond donors (Lipinski definition) is 1. The molecule has 86 valence electrons. The van der Waals surface area contributed by atoms with Gasteiger partial charge in [-0.25, -0.2) is 9.13 Å². The summed E-state index contributed by atoms with van der Waals surface area (Å²) in [6, 6.07) is 0. The molecule has 1 atom stereocenters. The van der Waals surface area contributed by atoms with Gasteiger partial charge in [-0.05, 0) is 25.0 Å². The molecule has 0 aromatic rings. The highest BCUT2D eigenvalue weighted by molar-refractivity contribution is 7.67. The van der Waals surface area contributed by atoms with Crippen LogP contribution in [0.15, 0.2) is 24.0 Å². The molecule has 1 aliphatic rings. The lowest BCUT2D eigenvalue weighted by molar-refractivity contribution is 0.364. The normalized spacial score (nSPS) is 20.6. The first-order valence-corrected chi connectivity index (χ1v) is 6.94. The van der Waals surface area contributed by atoms with Gasteiger partial charge in [-0.2, -0.15) is 0 Å². The van der Waals surface area contributed by atoms with Crippen molar-refractivity contribution < 1.29 is 26.2 Å². The molecular weight excluding hydrogens is 253 g/mol. The van der Waals surface area contributed by atoms with E-state index in [0.29, 0.717) is 17.7 Å². The molecule has 0 saturated carbocycles. The molecule has 1 rings (SSSR count). The quantitative estimate of drug-likeness (QED) is 0.778. The molecule has 15 heavy (non-hydrogen) atoms. The molecule has 9 heteroatoms. The molecule has 0 fully saturated rings. The molecule has 0 bridgehead atoms. The summed E-state index contributed by atoms with van der Waals surface area (Å²) in [5, 5.41) is 0. The van der Waals surface area contributed by atoms with Gasteiger partial charge in [0.25, 0.3) is 0 Å². The fourth-order valence-corrected chi connectivity index (χ4v) is 2.63. The van der Waals surface area contributed by atoms with Gasteiger partial charge in [0.2, 0.25) is 0 Å². The molecule has 1 aliphatic carbocycles. The molecule has 1 N–H and O–H groups in total. The molecule has 1 unspecified atom stereocenters. The fourth-order valence-electron chi connectivity index (χ4n) is 0.952. The van der Waals surface area contributed by atoms with Crippen molar-refractivity contribution in [1.82, 2.24) is 4.86 Å². The molecular formula is C6H8F3NO3P2. The van der Waals surface area contributed by atoms with Crippen molar-refractivity contribution in [3.8, 4) is 0 Å². The standard InChI is InChI=1S/C6H8F3NO3P2/c7-14(8,11)10-15(9,12)13-6-4-2-1-3-5-6/h2,4-5H,1,3H2,(H,10,11,12). The summed E-state index contributed by atoms with van der Waals surface area (Å²) in [5.41, 5.74) is 0. The lowest BCUT2D eigenvalue weighted by Gasteiger charge is -2.13. The van der Waals surface area contributed by atoms with E-state index in [-0.39, 0.29) is 5.76 Å². The van der Waals surface area contributed by atoms with Gasteiger partial charge >= 0.3 is 15.7 Å². The van der Waals surface area contributed by atoms with E-state index >= 15 is 0 Å². The van der Waals surface area contributed by atoms with Crippen molar-refractivity contribution in [1.29, 1.82) is 0 Å². The second-order valence-corrected chi connectivity index (χ2v) is 5.59. The van der Waals surface area contributed by atoms with Crippen LogP contribution in [0.4, 0.5) is 12.6 Å². The highest BCUT2D eigenvalue weighted by Crippen LogP contribution is 2.59. The Kier molecular flexibility index (Phi) is 3.82. The van der Waals surface area contributed by atoms with Gasteiger partial charge in [0, 0.05) is 0 Å². The molecule has 0 spiro atoms. The minimum atomic E-state index is -5.92. The zero-order chi connectivity index (χ0) is 11.5. The predicted molar refractivity (Wildman–Crippen MR) is 49.2 cm³/mol. The first-order valence-electron chi connectivity index (χ1n) is 3.93. The maximum atomic E-state index is 12.9. The Hall–Kier alpha value is -0.510. The summed E-state index contributed by atoms with van der Waals surface area (Å²) >= 11 is 0. The minimum absolute atomic E-state index is 0.118. The van der Waals surface area contributed by atoms with Crippen molar-refractivity contribution in [3.63, 3.8) is 0 Å². The summed E-state index contributed by atoms with van der Waals surface area (Å²) in [7, 11) is -11.2. The Balaban J connectivity index is 2.64. The lowest BCUT2D eigenvalue weighted by atomic mass is 10.2. The Morgan fingerprint density at radius 3 is 2.40 bits per heavy atom. The van der Waals surface area contributed by atoms with Crippen LogP contribution in [-0.4, -0.2) is 0 Å². The van der Waals surface area contributed by atoms with Crippen LogP contribution >= 0.6 is 15.7 Å². The monoisotopic (exact) mass is 261 g/mol. The summed E-state index contributed by atoms with van der Waals surface area (Å²) in [6.07, 6.45) is 5.56. The molecule has 0 radical (unpaired) electrons. The third-order valence-electron chi connectivity index (χ3n) is 1.42. The van der Waals surface area contributed by atoms with E-state index < -0.39 is 15.7 Å². The first kappa shape index (κ1) is 12.6. The molecule has 0 aliphatic heterocycles. The maximum Gasteiger partial charge on any atom is 0.506 e. The van der Waals surface area contributed by atoms with Crippen LogP contribution in [0.5, 0.6) is 0 Å². The van der Waals surface area contributed by atoms with Crippen LogP contribution in [0.2, 0.25) is 0 Å². The van der Waals surface area contributed by atoms with Gasteiger partial charge in [0.05, 0.1) is 0 Å². The smallest absolute Gasteiger partial charge is 0.410 e. The zero-order valence-electron chi connectivity index (χ0n) is 7.40. The largest absolute Gasteiger partial charge is 0.506 e. The van der Waals surface area contributed by atoms with Crippen molar-refractivity contribution in [3.05, 3.63) is 24.0 Å². The van der Waals surface area contributed by atoms with Crippen molar-refractivity contribution in [2.45, 2.75) is 12.8 Å². The second kappa shape index (κ2) is 4.56. The second-order valence-electron chi connectivity index (χ2n) is 2.72. The van der Waals surface area contributed by atoms with Crippen molar-refractivity contribution in [2.24, 2.45) is 0 Å². The van der Waals surface area contributed by atoms with Gasteiger partial charge in [-0.3, -0.25) is 0 Å². The average Bonchev–Trinajstić information content (AvgIpc) is 1.99. The van der Waals surface area contributed by atoms with E-state index in [1.54, 1.807) is 6.08 Å². The van der Waals surface area contributed by atoms with E-state index in [9.17, 15) is 21.7 Å². The highest BCUT2D eigenvalue weighted by Gasteiger charge is 2.36. The van der Waals surface area contributed by atoms with Crippen molar-refractivity contribution in [2.75, 3.05) is 0 Å². The Labute approximate surface area is 84.5 Å². The van der Waals surface area contributed by atoms with Gasteiger partial charge < -0.3 is 4.52 Å². The first-order chi connectivity index (χ1) is 6.79. The fraction of sp³-hybridized carbons (Fsp3) is 0.333. The zero-order valence-corrected chi connectivity index (χ0v) is 9.19. The molecule has 0 heterocycles.